The van der Waals surface area contributed by atoms with E-state index in [1.165, 1.54) is 4.31 Å². The first kappa shape index (κ1) is 23.5. The van der Waals surface area contributed by atoms with Crippen molar-refractivity contribution < 1.29 is 27.5 Å². The largest absolute Gasteiger partial charge is 0.496 e. The first-order valence-electron chi connectivity index (χ1n) is 10.9. The zero-order valence-corrected chi connectivity index (χ0v) is 19.3. The third-order valence-electron chi connectivity index (χ3n) is 6.16. The average molecular weight is 453 g/mol. The molecule has 0 aromatic heterocycles. The van der Waals surface area contributed by atoms with Crippen LogP contribution in [0.15, 0.2) is 23.1 Å². The lowest BCUT2D eigenvalue weighted by Gasteiger charge is -2.37. The number of sulfonamides is 1. The number of ether oxygens (including phenoxy) is 2. The number of hydrogen-bond acceptors (Lipinski definition) is 6. The summed E-state index contributed by atoms with van der Waals surface area (Å²) in [5.41, 5.74) is 0.748. The molecule has 2 aliphatic rings. The van der Waals surface area contributed by atoms with Gasteiger partial charge in [0.05, 0.1) is 30.4 Å². The van der Waals surface area contributed by atoms with Crippen molar-refractivity contribution in [3.8, 4) is 5.75 Å². The fraction of sp³-hybridized carbons (Fsp3) is 0.636. The average Bonchev–Trinajstić information content (AvgIpc) is 2.79. The molecule has 2 heterocycles. The Kier molecular flexibility index (Phi) is 7.59. The number of rotatable bonds is 6. The summed E-state index contributed by atoms with van der Waals surface area (Å²) in [6, 6.07) is 4.81. The zero-order valence-electron chi connectivity index (χ0n) is 18.5. The highest BCUT2D eigenvalue weighted by Crippen LogP contribution is 2.29. The van der Waals surface area contributed by atoms with E-state index in [2.05, 4.69) is 0 Å². The molecule has 0 aliphatic carbocycles. The molecule has 0 unspecified atom stereocenters. The number of amides is 1. The molecule has 2 fully saturated rings. The molecule has 3 rings (SSSR count). The van der Waals surface area contributed by atoms with E-state index >= 15 is 0 Å². The molecule has 1 amide bonds. The van der Waals surface area contributed by atoms with E-state index in [4.69, 9.17) is 9.47 Å². The van der Waals surface area contributed by atoms with Gasteiger partial charge in [-0.1, -0.05) is 0 Å². The van der Waals surface area contributed by atoms with Crippen LogP contribution in [0.1, 0.15) is 38.2 Å². The molecule has 0 bridgehead atoms. The van der Waals surface area contributed by atoms with Gasteiger partial charge in [-0.2, -0.15) is 4.31 Å². The summed E-state index contributed by atoms with van der Waals surface area (Å²) in [7, 11) is -2.14. The highest BCUT2D eigenvalue weighted by atomic mass is 32.2. The number of likely N-dealkylation sites (tertiary alicyclic amines) is 1. The summed E-state index contributed by atoms with van der Waals surface area (Å²) < 4.78 is 38.1. The number of nitrogens with zero attached hydrogens (tertiary/aromatic N) is 2. The van der Waals surface area contributed by atoms with Crippen LogP contribution in [0.4, 0.5) is 0 Å². The molecule has 9 heteroatoms. The van der Waals surface area contributed by atoms with Gasteiger partial charge in [0.2, 0.25) is 15.9 Å². The number of carbonyl (C=O) groups excluding carboxylic acids is 2. The Morgan fingerprint density at radius 1 is 1.10 bits per heavy atom. The normalized spacial score (nSPS) is 21.0. The Bertz CT molecular complexity index is 909. The van der Waals surface area contributed by atoms with Crippen LogP contribution in [0.3, 0.4) is 0 Å². The van der Waals surface area contributed by atoms with Crippen molar-refractivity contribution in [2.75, 3.05) is 39.9 Å². The van der Waals surface area contributed by atoms with Gasteiger partial charge in [-0.05, 0) is 63.3 Å². The van der Waals surface area contributed by atoms with Crippen LogP contribution in [-0.4, -0.2) is 69.4 Å². The quantitative estimate of drug-likeness (QED) is 0.615. The van der Waals surface area contributed by atoms with E-state index in [-0.39, 0.29) is 35.2 Å². The van der Waals surface area contributed by atoms with Crippen LogP contribution >= 0.6 is 0 Å². The molecule has 0 radical (unpaired) electrons. The second kappa shape index (κ2) is 9.99. The van der Waals surface area contributed by atoms with Crippen molar-refractivity contribution in [1.29, 1.82) is 0 Å². The van der Waals surface area contributed by atoms with Gasteiger partial charge >= 0.3 is 5.97 Å². The number of piperidine rings is 2. The van der Waals surface area contributed by atoms with Crippen LogP contribution in [0, 0.1) is 18.8 Å². The Balaban J connectivity index is 1.64. The van der Waals surface area contributed by atoms with Crippen molar-refractivity contribution in [2.24, 2.45) is 11.8 Å². The lowest BCUT2D eigenvalue weighted by molar-refractivity contribution is -0.152. The maximum Gasteiger partial charge on any atom is 0.309 e. The Labute approximate surface area is 184 Å². The molecule has 2 aliphatic heterocycles. The van der Waals surface area contributed by atoms with Crippen LogP contribution < -0.4 is 4.74 Å². The maximum absolute atomic E-state index is 13.2. The molecule has 0 spiro atoms. The Morgan fingerprint density at radius 2 is 1.81 bits per heavy atom. The van der Waals surface area contributed by atoms with E-state index in [0.29, 0.717) is 57.7 Å². The number of carbonyl (C=O) groups is 2. The number of benzene rings is 1. The monoisotopic (exact) mass is 452 g/mol. The predicted octanol–water partition coefficient (Wildman–Crippen LogP) is 2.21. The lowest BCUT2D eigenvalue weighted by atomic mass is 9.93. The molecule has 1 atom stereocenters. The first-order valence-corrected chi connectivity index (χ1v) is 12.3. The van der Waals surface area contributed by atoms with Crippen molar-refractivity contribution in [2.45, 2.75) is 44.4 Å². The summed E-state index contributed by atoms with van der Waals surface area (Å²) >= 11 is 0. The molecule has 2 saturated heterocycles. The smallest absolute Gasteiger partial charge is 0.309 e. The molecular weight excluding hydrogens is 420 g/mol. The van der Waals surface area contributed by atoms with Gasteiger partial charge in [0.25, 0.3) is 0 Å². The molecule has 8 nitrogen and oxygen atoms in total. The molecule has 0 saturated carbocycles. The van der Waals surface area contributed by atoms with Gasteiger partial charge in [-0.15, -0.1) is 0 Å². The standard InChI is InChI=1S/C22H32N2O6S/c1-4-30-22(26)17-9-12-23(13-10-17)21(25)18-6-5-11-24(15-18)31(27,28)19-7-8-20(29-3)16(2)14-19/h7-8,14,17-18H,4-6,9-13,15H2,1-3H3/t18-/m0/s1. The van der Waals surface area contributed by atoms with Gasteiger partial charge in [-0.3, -0.25) is 9.59 Å². The molecular formula is C22H32N2O6S. The minimum atomic E-state index is -3.69. The second-order valence-electron chi connectivity index (χ2n) is 8.19. The van der Waals surface area contributed by atoms with E-state index in [1.54, 1.807) is 44.1 Å². The number of esters is 1. The van der Waals surface area contributed by atoms with Crippen molar-refractivity contribution in [1.82, 2.24) is 9.21 Å². The molecule has 31 heavy (non-hydrogen) atoms. The SMILES string of the molecule is CCOC(=O)C1CCN(C(=O)[C@H]2CCCN(S(=O)(=O)c3ccc(OC)c(C)c3)C2)CC1. The van der Waals surface area contributed by atoms with Crippen LogP contribution in [0.25, 0.3) is 0 Å². The molecule has 1 aromatic rings. The maximum atomic E-state index is 13.2. The topological polar surface area (TPSA) is 93.2 Å². The van der Waals surface area contributed by atoms with Gasteiger partial charge in [0, 0.05) is 26.2 Å². The summed E-state index contributed by atoms with van der Waals surface area (Å²) in [6.45, 7) is 5.55. The van der Waals surface area contributed by atoms with Crippen LogP contribution in [-0.2, 0) is 24.3 Å². The minimum absolute atomic E-state index is 0.0203. The van der Waals surface area contributed by atoms with E-state index < -0.39 is 10.0 Å². The van der Waals surface area contributed by atoms with Crippen LogP contribution in [0.5, 0.6) is 5.75 Å². The van der Waals surface area contributed by atoms with E-state index in [0.717, 1.165) is 5.56 Å². The molecule has 1 aromatic carbocycles. The van der Waals surface area contributed by atoms with Gasteiger partial charge in [0.15, 0.2) is 0 Å². The fourth-order valence-electron chi connectivity index (χ4n) is 4.38. The highest BCUT2D eigenvalue weighted by molar-refractivity contribution is 7.89. The fourth-order valence-corrected chi connectivity index (χ4v) is 5.99. The second-order valence-corrected chi connectivity index (χ2v) is 10.1. The van der Waals surface area contributed by atoms with Crippen molar-refractivity contribution >= 4 is 21.9 Å². The minimum Gasteiger partial charge on any atom is -0.496 e. The van der Waals surface area contributed by atoms with Crippen molar-refractivity contribution in [3.63, 3.8) is 0 Å². The Morgan fingerprint density at radius 3 is 2.42 bits per heavy atom. The Hall–Kier alpha value is -2.13. The van der Waals surface area contributed by atoms with Gasteiger partial charge < -0.3 is 14.4 Å². The number of aryl methyl sites for hydroxylation is 1. The summed E-state index contributed by atoms with van der Waals surface area (Å²) in [5.74, 6) is -0.100. The zero-order chi connectivity index (χ0) is 22.6. The van der Waals surface area contributed by atoms with E-state index in [1.807, 2.05) is 0 Å². The van der Waals surface area contributed by atoms with Crippen LogP contribution in [0.2, 0.25) is 0 Å². The predicted molar refractivity (Wildman–Crippen MR) is 115 cm³/mol. The van der Waals surface area contributed by atoms with E-state index in [9.17, 15) is 18.0 Å². The highest BCUT2D eigenvalue weighted by Gasteiger charge is 2.37. The van der Waals surface area contributed by atoms with Crippen molar-refractivity contribution in [3.05, 3.63) is 23.8 Å². The first-order chi connectivity index (χ1) is 14.8. The summed E-state index contributed by atoms with van der Waals surface area (Å²) in [4.78, 5) is 27.0. The summed E-state index contributed by atoms with van der Waals surface area (Å²) in [6.07, 6.45) is 2.49. The number of hydrogen-bond donors (Lipinski definition) is 0. The molecule has 0 N–H and O–H groups in total. The third-order valence-corrected chi connectivity index (χ3v) is 8.03. The molecule has 172 valence electrons. The summed E-state index contributed by atoms with van der Waals surface area (Å²) in [5, 5.41) is 0. The third kappa shape index (κ3) is 5.20. The number of methoxy groups -OCH3 is 1. The van der Waals surface area contributed by atoms with Gasteiger partial charge in [0.1, 0.15) is 5.75 Å². The lowest BCUT2D eigenvalue weighted by Crippen LogP contribution is -2.49. The van der Waals surface area contributed by atoms with Gasteiger partial charge in [-0.25, -0.2) is 8.42 Å².